The van der Waals surface area contributed by atoms with Gasteiger partial charge in [-0.1, -0.05) is 29.8 Å². The van der Waals surface area contributed by atoms with Crippen molar-refractivity contribution in [3.8, 4) is 0 Å². The minimum absolute atomic E-state index is 0.130. The normalized spacial score (nSPS) is 18.9. The smallest absolute Gasteiger partial charge is 0.418 e. The Bertz CT molecular complexity index is 1990. The van der Waals surface area contributed by atoms with Gasteiger partial charge in [0.25, 0.3) is 5.91 Å². The lowest BCUT2D eigenvalue weighted by molar-refractivity contribution is -0.142. The molecule has 52 heavy (non-hydrogen) atoms. The van der Waals surface area contributed by atoms with Crippen LogP contribution in [0.25, 0.3) is 21.9 Å². The lowest BCUT2D eigenvalue weighted by Crippen LogP contribution is -2.49. The highest BCUT2D eigenvalue weighted by Crippen LogP contribution is 2.40. The van der Waals surface area contributed by atoms with Crippen LogP contribution in [0.3, 0.4) is 0 Å². The first kappa shape index (κ1) is 36.1. The predicted octanol–water partition coefficient (Wildman–Crippen LogP) is 6.21. The summed E-state index contributed by atoms with van der Waals surface area (Å²) in [5, 5.41) is 6.60. The molecule has 3 fully saturated rings. The zero-order valence-electron chi connectivity index (χ0n) is 29.0. The Hall–Kier alpha value is -4.30. The fourth-order valence-corrected chi connectivity index (χ4v) is 8.69. The Morgan fingerprint density at radius 2 is 1.67 bits per heavy atom. The summed E-state index contributed by atoms with van der Waals surface area (Å²) < 4.78 is 49.7. The number of imidazole rings is 1. The Morgan fingerprint density at radius 3 is 2.37 bits per heavy atom. The molecule has 0 aliphatic carbocycles. The van der Waals surface area contributed by atoms with E-state index in [0.717, 1.165) is 55.7 Å². The van der Waals surface area contributed by atoms with Gasteiger partial charge in [-0.25, -0.2) is 9.59 Å². The van der Waals surface area contributed by atoms with Crippen LogP contribution in [-0.4, -0.2) is 88.8 Å². The quantitative estimate of drug-likeness (QED) is 0.206. The van der Waals surface area contributed by atoms with E-state index in [2.05, 4.69) is 20.6 Å². The van der Waals surface area contributed by atoms with Crippen molar-refractivity contribution < 1.29 is 27.5 Å². The standard InChI is InChI=1S/C37H43ClF3N7O4/c1-42-33-27(37(39,40)41)18-22(19-28(33)38)20-31(34(49)46-14-8-24(9-15-46)23-6-12-43-13-7-23)52-36(51)47-16-10-25(11-17-47)48-30-21-44-29-5-3-2-4-26(29)32(30)45-35(48)50/h2-5,18-19,21,23-25,31,42-43H,6-17,20H2,1H3,(H,45,50)/t31-/m1/s1. The number of halogens is 4. The van der Waals surface area contributed by atoms with Crippen molar-refractivity contribution in [2.24, 2.45) is 11.8 Å². The van der Waals surface area contributed by atoms with Gasteiger partial charge in [0.2, 0.25) is 0 Å². The molecule has 3 N–H and O–H groups in total. The average molecular weight is 742 g/mol. The summed E-state index contributed by atoms with van der Waals surface area (Å²) in [7, 11) is 1.36. The molecular weight excluding hydrogens is 699 g/mol. The number of alkyl halides is 3. The number of piperidine rings is 3. The number of carbonyl (C=O) groups is 2. The lowest BCUT2D eigenvalue weighted by Gasteiger charge is -2.39. The largest absolute Gasteiger partial charge is 0.436 e. The number of anilines is 1. The van der Waals surface area contributed by atoms with Crippen LogP contribution in [0.15, 0.2) is 47.4 Å². The van der Waals surface area contributed by atoms with E-state index in [1.54, 1.807) is 15.7 Å². The van der Waals surface area contributed by atoms with E-state index in [4.69, 9.17) is 16.3 Å². The number of para-hydroxylation sites is 1. The van der Waals surface area contributed by atoms with Gasteiger partial charge < -0.3 is 30.2 Å². The van der Waals surface area contributed by atoms with E-state index in [1.807, 2.05) is 24.3 Å². The molecule has 2 aromatic heterocycles. The van der Waals surface area contributed by atoms with Gasteiger partial charge in [-0.3, -0.25) is 14.3 Å². The Kier molecular flexibility index (Phi) is 10.4. The number of nitrogens with one attached hydrogen (secondary N) is 3. The number of aromatic nitrogens is 3. The van der Waals surface area contributed by atoms with Crippen molar-refractivity contribution in [3.05, 3.63) is 69.2 Å². The predicted molar refractivity (Wildman–Crippen MR) is 193 cm³/mol. The lowest BCUT2D eigenvalue weighted by atomic mass is 9.79. The first-order chi connectivity index (χ1) is 25.0. The molecule has 5 heterocycles. The molecule has 0 saturated carbocycles. The minimum atomic E-state index is -4.70. The second-order valence-corrected chi connectivity index (χ2v) is 14.5. The van der Waals surface area contributed by atoms with Gasteiger partial charge in [0.05, 0.1) is 39.0 Å². The molecule has 0 spiro atoms. The Morgan fingerprint density at radius 1 is 1.00 bits per heavy atom. The van der Waals surface area contributed by atoms with E-state index in [9.17, 15) is 27.6 Å². The van der Waals surface area contributed by atoms with Crippen molar-refractivity contribution in [1.82, 2.24) is 29.7 Å². The monoisotopic (exact) mass is 741 g/mol. The maximum absolute atomic E-state index is 14.1. The molecule has 2 amide bonds. The third-order valence-electron chi connectivity index (χ3n) is 11.1. The fraction of sp³-hybridized carbons (Fsp3) is 0.514. The molecule has 0 radical (unpaired) electrons. The van der Waals surface area contributed by atoms with Crippen molar-refractivity contribution in [3.63, 3.8) is 0 Å². The van der Waals surface area contributed by atoms with Gasteiger partial charge in [0.15, 0.2) is 6.10 Å². The summed E-state index contributed by atoms with van der Waals surface area (Å²) >= 11 is 6.29. The first-order valence-electron chi connectivity index (χ1n) is 18.0. The molecule has 2 aromatic carbocycles. The summed E-state index contributed by atoms with van der Waals surface area (Å²) in [5.74, 6) is 0.661. The summed E-state index contributed by atoms with van der Waals surface area (Å²) in [6.45, 7) is 3.47. The minimum Gasteiger partial charge on any atom is -0.436 e. The van der Waals surface area contributed by atoms with Gasteiger partial charge >= 0.3 is 18.0 Å². The number of amides is 2. The maximum atomic E-state index is 14.1. The van der Waals surface area contributed by atoms with Gasteiger partial charge in [-0.15, -0.1) is 0 Å². The highest BCUT2D eigenvalue weighted by molar-refractivity contribution is 6.33. The van der Waals surface area contributed by atoms with Crippen LogP contribution in [-0.2, 0) is 22.1 Å². The topological polar surface area (TPSA) is 125 Å². The number of pyridine rings is 1. The van der Waals surface area contributed by atoms with Crippen LogP contribution in [0.2, 0.25) is 5.02 Å². The maximum Gasteiger partial charge on any atom is 0.418 e. The first-order valence-corrected chi connectivity index (χ1v) is 18.4. The molecule has 1 atom stereocenters. The molecule has 15 heteroatoms. The van der Waals surface area contributed by atoms with Gasteiger partial charge in [-0.2, -0.15) is 13.2 Å². The van der Waals surface area contributed by atoms with Crippen LogP contribution in [0, 0.1) is 11.8 Å². The summed E-state index contributed by atoms with van der Waals surface area (Å²) in [6.07, 6.45) is -0.621. The number of carbonyl (C=O) groups excluding carboxylic acids is 2. The Balaban J connectivity index is 1.07. The molecule has 3 saturated heterocycles. The molecule has 0 unspecified atom stereocenters. The molecule has 278 valence electrons. The third kappa shape index (κ3) is 7.32. The summed E-state index contributed by atoms with van der Waals surface area (Å²) in [4.78, 5) is 51.6. The van der Waals surface area contributed by atoms with Crippen LogP contribution < -0.4 is 16.3 Å². The number of hydrogen-bond acceptors (Lipinski definition) is 7. The SMILES string of the molecule is CNc1c(Cl)cc(C[C@@H](OC(=O)N2CCC(n3c(=O)[nH]c4c5ccccc5ncc43)CC2)C(=O)N2CCC(C3CCNCC3)CC2)cc1C(F)(F)F. The highest BCUT2D eigenvalue weighted by atomic mass is 35.5. The molecular formula is C37H43ClF3N7O4. The van der Waals surface area contributed by atoms with Crippen LogP contribution >= 0.6 is 11.6 Å². The fourth-order valence-electron chi connectivity index (χ4n) is 8.35. The number of ether oxygens (including phenoxy) is 1. The molecule has 11 nitrogen and oxygen atoms in total. The molecule has 7 rings (SSSR count). The van der Waals surface area contributed by atoms with E-state index < -0.39 is 29.8 Å². The van der Waals surface area contributed by atoms with E-state index in [-0.39, 0.29) is 47.5 Å². The van der Waals surface area contributed by atoms with Crippen molar-refractivity contribution in [1.29, 1.82) is 0 Å². The number of rotatable bonds is 7. The van der Waals surface area contributed by atoms with Gasteiger partial charge in [0, 0.05) is 51.1 Å². The van der Waals surface area contributed by atoms with Crippen molar-refractivity contribution >= 4 is 51.2 Å². The second kappa shape index (κ2) is 15.0. The number of nitrogens with zero attached hydrogens (tertiary/aromatic N) is 4. The number of aromatic amines is 1. The third-order valence-corrected chi connectivity index (χ3v) is 11.4. The highest BCUT2D eigenvalue weighted by Gasteiger charge is 2.38. The molecule has 3 aliphatic heterocycles. The van der Waals surface area contributed by atoms with Crippen LogP contribution in [0.1, 0.15) is 55.7 Å². The Labute approximate surface area is 303 Å². The number of hydrogen-bond donors (Lipinski definition) is 3. The van der Waals surface area contributed by atoms with Crippen molar-refractivity contribution in [2.75, 3.05) is 51.6 Å². The van der Waals surface area contributed by atoms with E-state index >= 15 is 0 Å². The number of fused-ring (bicyclic) bond motifs is 3. The van der Waals surface area contributed by atoms with E-state index in [0.29, 0.717) is 48.8 Å². The molecule has 4 aromatic rings. The molecule has 3 aliphatic rings. The number of likely N-dealkylation sites (tertiary alicyclic amines) is 2. The number of benzene rings is 2. The van der Waals surface area contributed by atoms with Crippen LogP contribution in [0.4, 0.5) is 23.7 Å². The molecule has 0 bridgehead atoms. The van der Waals surface area contributed by atoms with E-state index in [1.165, 1.54) is 18.0 Å². The summed E-state index contributed by atoms with van der Waals surface area (Å²) in [5.41, 5.74) is 0.798. The van der Waals surface area contributed by atoms with Gasteiger partial charge in [0.1, 0.15) is 0 Å². The second-order valence-electron chi connectivity index (χ2n) is 14.1. The number of H-pyrrole nitrogens is 1. The zero-order chi connectivity index (χ0) is 36.6. The van der Waals surface area contributed by atoms with Gasteiger partial charge in [-0.05, 0) is 87.2 Å². The average Bonchev–Trinajstić information content (AvgIpc) is 3.50. The van der Waals surface area contributed by atoms with Crippen LogP contribution in [0.5, 0.6) is 0 Å². The van der Waals surface area contributed by atoms with Crippen molar-refractivity contribution in [2.45, 2.75) is 63.3 Å². The zero-order valence-corrected chi connectivity index (χ0v) is 29.7. The summed E-state index contributed by atoms with van der Waals surface area (Å²) in [6, 6.07) is 9.69.